The smallest absolute Gasteiger partial charge is 0.352 e. The highest BCUT2D eigenvalue weighted by Gasteiger charge is 2.28. The molecule has 2 aromatic rings. The van der Waals surface area contributed by atoms with Crippen molar-refractivity contribution < 1.29 is 19.1 Å². The molecule has 120 valence electrons. The summed E-state index contributed by atoms with van der Waals surface area (Å²) in [5.41, 5.74) is 1.51. The fraction of sp³-hybridized carbons (Fsp3) is 0.263. The van der Waals surface area contributed by atoms with Crippen LogP contribution in [0.1, 0.15) is 43.6 Å². The SMILES string of the molecule is CC[C@@H](OC(=O)[C@@H](OC(C)=O)c1ccccc1)c1ccccc1. The van der Waals surface area contributed by atoms with Crippen LogP contribution < -0.4 is 0 Å². The summed E-state index contributed by atoms with van der Waals surface area (Å²) in [6.07, 6.45) is -0.783. The van der Waals surface area contributed by atoms with Crippen LogP contribution in [0.4, 0.5) is 0 Å². The lowest BCUT2D eigenvalue weighted by molar-refractivity contribution is -0.171. The van der Waals surface area contributed by atoms with Crippen LogP contribution in [0, 0.1) is 0 Å². The molecule has 0 bridgehead atoms. The summed E-state index contributed by atoms with van der Waals surface area (Å²) in [6, 6.07) is 18.4. The molecule has 0 fully saturated rings. The van der Waals surface area contributed by atoms with E-state index in [0.29, 0.717) is 12.0 Å². The maximum absolute atomic E-state index is 12.5. The molecule has 0 saturated carbocycles. The van der Waals surface area contributed by atoms with Crippen LogP contribution in [0.2, 0.25) is 0 Å². The largest absolute Gasteiger partial charge is 0.454 e. The van der Waals surface area contributed by atoms with E-state index in [-0.39, 0.29) is 6.10 Å². The standard InChI is InChI=1S/C19H20O4/c1-3-17(15-10-6-4-7-11-15)23-19(21)18(22-14(2)20)16-12-8-5-9-13-16/h4-13,17-18H,3H2,1-2H3/t17-,18+/m1/s1. The first-order valence-electron chi connectivity index (χ1n) is 7.59. The van der Waals surface area contributed by atoms with Gasteiger partial charge in [-0.25, -0.2) is 4.79 Å². The van der Waals surface area contributed by atoms with Crippen LogP contribution in [-0.4, -0.2) is 11.9 Å². The monoisotopic (exact) mass is 312 g/mol. The van der Waals surface area contributed by atoms with Gasteiger partial charge in [0.2, 0.25) is 6.10 Å². The van der Waals surface area contributed by atoms with Crippen molar-refractivity contribution >= 4 is 11.9 Å². The second-order valence-corrected chi connectivity index (χ2v) is 5.14. The molecule has 2 rings (SSSR count). The lowest BCUT2D eigenvalue weighted by Crippen LogP contribution is -2.22. The number of hydrogen-bond acceptors (Lipinski definition) is 4. The van der Waals surface area contributed by atoms with Gasteiger partial charge in [0, 0.05) is 12.5 Å². The predicted molar refractivity (Wildman–Crippen MR) is 86.5 cm³/mol. The normalized spacial score (nSPS) is 13.0. The maximum Gasteiger partial charge on any atom is 0.352 e. The van der Waals surface area contributed by atoms with E-state index in [1.165, 1.54) is 6.92 Å². The van der Waals surface area contributed by atoms with Crippen molar-refractivity contribution in [3.05, 3.63) is 71.8 Å². The van der Waals surface area contributed by atoms with Crippen molar-refractivity contribution in [1.29, 1.82) is 0 Å². The molecule has 4 heteroatoms. The highest BCUT2D eigenvalue weighted by molar-refractivity contribution is 5.80. The predicted octanol–water partition coefficient (Wildman–Crippen LogP) is 3.99. The topological polar surface area (TPSA) is 52.6 Å². The molecule has 0 saturated heterocycles. The molecule has 2 aromatic carbocycles. The average molecular weight is 312 g/mol. The summed E-state index contributed by atoms with van der Waals surface area (Å²) in [7, 11) is 0. The van der Waals surface area contributed by atoms with E-state index in [9.17, 15) is 9.59 Å². The number of carbonyl (C=O) groups excluding carboxylic acids is 2. The molecule has 23 heavy (non-hydrogen) atoms. The molecular weight excluding hydrogens is 292 g/mol. The zero-order valence-electron chi connectivity index (χ0n) is 13.3. The van der Waals surface area contributed by atoms with Gasteiger partial charge in [0.1, 0.15) is 6.10 Å². The van der Waals surface area contributed by atoms with Crippen LogP contribution in [0.3, 0.4) is 0 Å². The Morgan fingerprint density at radius 2 is 1.39 bits per heavy atom. The van der Waals surface area contributed by atoms with Crippen LogP contribution in [0.5, 0.6) is 0 Å². The van der Waals surface area contributed by atoms with Gasteiger partial charge in [-0.3, -0.25) is 4.79 Å². The third-order valence-electron chi connectivity index (χ3n) is 3.40. The highest BCUT2D eigenvalue weighted by Crippen LogP contribution is 2.26. The molecule has 2 atom stereocenters. The number of carbonyl (C=O) groups is 2. The number of ether oxygens (including phenoxy) is 2. The molecule has 0 spiro atoms. The quantitative estimate of drug-likeness (QED) is 0.757. The van der Waals surface area contributed by atoms with Crippen molar-refractivity contribution in [3.8, 4) is 0 Å². The second-order valence-electron chi connectivity index (χ2n) is 5.14. The van der Waals surface area contributed by atoms with Crippen molar-refractivity contribution in [2.24, 2.45) is 0 Å². The van der Waals surface area contributed by atoms with Gasteiger partial charge in [-0.1, -0.05) is 67.6 Å². The van der Waals surface area contributed by atoms with E-state index in [0.717, 1.165) is 5.56 Å². The first-order chi connectivity index (χ1) is 11.1. The zero-order chi connectivity index (χ0) is 16.7. The van der Waals surface area contributed by atoms with Gasteiger partial charge >= 0.3 is 11.9 Å². The molecule has 0 aliphatic carbocycles. The summed E-state index contributed by atoms with van der Waals surface area (Å²) >= 11 is 0. The van der Waals surface area contributed by atoms with Crippen molar-refractivity contribution in [2.45, 2.75) is 32.5 Å². The van der Waals surface area contributed by atoms with Gasteiger partial charge in [0.15, 0.2) is 0 Å². The minimum atomic E-state index is -1.05. The van der Waals surface area contributed by atoms with Gasteiger partial charge < -0.3 is 9.47 Å². The molecule has 0 aliphatic heterocycles. The summed E-state index contributed by atoms with van der Waals surface area (Å²) < 4.78 is 10.8. The van der Waals surface area contributed by atoms with Crippen molar-refractivity contribution in [2.75, 3.05) is 0 Å². The van der Waals surface area contributed by atoms with Crippen molar-refractivity contribution in [1.82, 2.24) is 0 Å². The highest BCUT2D eigenvalue weighted by atomic mass is 16.6. The second kappa shape index (κ2) is 8.13. The molecular formula is C19H20O4. The number of esters is 2. The summed E-state index contributed by atoms with van der Waals surface area (Å²) in [4.78, 5) is 23.8. The van der Waals surface area contributed by atoms with E-state index in [4.69, 9.17) is 9.47 Å². The maximum atomic E-state index is 12.5. The van der Waals surface area contributed by atoms with Crippen LogP contribution >= 0.6 is 0 Å². The van der Waals surface area contributed by atoms with Gasteiger partial charge in [-0.15, -0.1) is 0 Å². The lowest BCUT2D eigenvalue weighted by Gasteiger charge is -2.21. The first-order valence-corrected chi connectivity index (χ1v) is 7.59. The Kier molecular flexibility index (Phi) is 5.92. The van der Waals surface area contributed by atoms with Gasteiger partial charge in [0.25, 0.3) is 0 Å². The van der Waals surface area contributed by atoms with E-state index in [2.05, 4.69) is 0 Å². The molecule has 0 aliphatic rings. The van der Waals surface area contributed by atoms with Crippen molar-refractivity contribution in [3.63, 3.8) is 0 Å². The summed E-state index contributed by atoms with van der Waals surface area (Å²) in [5.74, 6) is -1.09. The van der Waals surface area contributed by atoms with E-state index in [1.54, 1.807) is 24.3 Å². The Balaban J connectivity index is 2.18. The summed E-state index contributed by atoms with van der Waals surface area (Å²) in [6.45, 7) is 3.21. The molecule has 0 radical (unpaired) electrons. The Morgan fingerprint density at radius 1 is 0.870 bits per heavy atom. The molecule has 0 heterocycles. The van der Waals surface area contributed by atoms with Gasteiger partial charge in [-0.05, 0) is 12.0 Å². The summed E-state index contributed by atoms with van der Waals surface area (Å²) in [5, 5.41) is 0. The Labute approximate surface area is 136 Å². The number of rotatable bonds is 6. The molecule has 0 N–H and O–H groups in total. The third-order valence-corrected chi connectivity index (χ3v) is 3.40. The molecule has 4 nitrogen and oxygen atoms in total. The van der Waals surface area contributed by atoms with Crippen LogP contribution in [0.15, 0.2) is 60.7 Å². The fourth-order valence-electron chi connectivity index (χ4n) is 2.30. The number of benzene rings is 2. The Morgan fingerprint density at radius 3 is 1.87 bits per heavy atom. The third kappa shape index (κ3) is 4.68. The minimum absolute atomic E-state index is 0.370. The Hall–Kier alpha value is -2.62. The van der Waals surface area contributed by atoms with E-state index >= 15 is 0 Å². The molecule has 0 unspecified atom stereocenters. The zero-order valence-corrected chi connectivity index (χ0v) is 13.3. The van der Waals surface area contributed by atoms with Gasteiger partial charge in [-0.2, -0.15) is 0 Å². The Bertz CT molecular complexity index is 637. The fourth-order valence-corrected chi connectivity index (χ4v) is 2.30. The van der Waals surface area contributed by atoms with Gasteiger partial charge in [0.05, 0.1) is 0 Å². The first kappa shape index (κ1) is 16.7. The van der Waals surface area contributed by atoms with Crippen LogP contribution in [0.25, 0.3) is 0 Å². The number of hydrogen-bond donors (Lipinski definition) is 0. The van der Waals surface area contributed by atoms with Crippen LogP contribution in [-0.2, 0) is 19.1 Å². The minimum Gasteiger partial charge on any atom is -0.454 e. The lowest BCUT2D eigenvalue weighted by atomic mass is 10.1. The molecule has 0 amide bonds. The van der Waals surface area contributed by atoms with E-state index in [1.807, 2.05) is 43.3 Å². The molecule has 0 aromatic heterocycles. The average Bonchev–Trinajstić information content (AvgIpc) is 2.58. The van der Waals surface area contributed by atoms with E-state index < -0.39 is 18.0 Å².